The average molecular weight is 535 g/mol. The SMILES string of the molecule is COc1cccc(COC(=O)NC([C@H](O)[C@H](Cc2ccccc2)NC(=O)OCc2ccccc2)C(C)(C)C)c1. The maximum atomic E-state index is 12.8. The zero-order valence-electron chi connectivity index (χ0n) is 22.9. The number of hydrogen-bond donors (Lipinski definition) is 3. The van der Waals surface area contributed by atoms with E-state index in [0.29, 0.717) is 12.2 Å². The summed E-state index contributed by atoms with van der Waals surface area (Å²) in [5.74, 6) is 0.661. The first-order valence-electron chi connectivity index (χ1n) is 12.9. The van der Waals surface area contributed by atoms with Crippen molar-refractivity contribution in [2.75, 3.05) is 7.11 Å². The Hall–Kier alpha value is -4.04. The molecule has 0 heterocycles. The van der Waals surface area contributed by atoms with Gasteiger partial charge in [0, 0.05) is 0 Å². The summed E-state index contributed by atoms with van der Waals surface area (Å²) in [6.07, 6.45) is -2.16. The monoisotopic (exact) mass is 534 g/mol. The number of carbonyl (C=O) groups excluding carboxylic acids is 2. The molecule has 39 heavy (non-hydrogen) atoms. The molecule has 0 radical (unpaired) electrons. The molecule has 0 bridgehead atoms. The van der Waals surface area contributed by atoms with E-state index < -0.39 is 35.8 Å². The highest BCUT2D eigenvalue weighted by molar-refractivity contribution is 5.69. The molecule has 3 aromatic rings. The van der Waals surface area contributed by atoms with Crippen LogP contribution in [0.2, 0.25) is 0 Å². The minimum absolute atomic E-state index is 0.0352. The summed E-state index contributed by atoms with van der Waals surface area (Å²) in [6, 6.07) is 24.6. The molecular weight excluding hydrogens is 496 g/mol. The third kappa shape index (κ3) is 9.65. The van der Waals surface area contributed by atoms with Gasteiger partial charge in [-0.3, -0.25) is 0 Å². The summed E-state index contributed by atoms with van der Waals surface area (Å²) >= 11 is 0. The van der Waals surface area contributed by atoms with E-state index in [1.807, 2.05) is 93.6 Å². The van der Waals surface area contributed by atoms with Crippen molar-refractivity contribution in [3.05, 3.63) is 102 Å². The van der Waals surface area contributed by atoms with Gasteiger partial charge < -0.3 is 30.0 Å². The largest absolute Gasteiger partial charge is 0.497 e. The molecule has 3 atom stereocenters. The summed E-state index contributed by atoms with van der Waals surface area (Å²) in [5, 5.41) is 17.2. The van der Waals surface area contributed by atoms with Crippen molar-refractivity contribution in [2.45, 2.75) is 58.6 Å². The van der Waals surface area contributed by atoms with Gasteiger partial charge in [-0.25, -0.2) is 9.59 Å². The fraction of sp³-hybridized carbons (Fsp3) is 0.355. The van der Waals surface area contributed by atoms with Crippen molar-refractivity contribution >= 4 is 12.2 Å². The van der Waals surface area contributed by atoms with E-state index in [-0.39, 0.29) is 13.2 Å². The number of amides is 2. The summed E-state index contributed by atoms with van der Waals surface area (Å²) in [6.45, 7) is 5.83. The van der Waals surface area contributed by atoms with Gasteiger partial charge in [-0.15, -0.1) is 0 Å². The van der Waals surface area contributed by atoms with Crippen molar-refractivity contribution in [3.63, 3.8) is 0 Å². The van der Waals surface area contributed by atoms with E-state index in [1.165, 1.54) is 0 Å². The average Bonchev–Trinajstić information content (AvgIpc) is 2.93. The van der Waals surface area contributed by atoms with E-state index >= 15 is 0 Å². The van der Waals surface area contributed by atoms with Gasteiger partial charge in [0.15, 0.2) is 0 Å². The van der Waals surface area contributed by atoms with Crippen LogP contribution in [0.1, 0.15) is 37.5 Å². The molecule has 0 aliphatic rings. The second kappa shape index (κ2) is 14.2. The predicted octanol–water partition coefficient (Wildman–Crippen LogP) is 5.23. The second-order valence-corrected chi connectivity index (χ2v) is 10.4. The molecule has 0 fully saturated rings. The number of methoxy groups -OCH3 is 1. The smallest absolute Gasteiger partial charge is 0.407 e. The van der Waals surface area contributed by atoms with Gasteiger partial charge in [-0.05, 0) is 40.7 Å². The Balaban J connectivity index is 1.71. The first-order chi connectivity index (χ1) is 18.7. The Labute approximate surface area is 230 Å². The number of aliphatic hydroxyl groups is 1. The van der Waals surface area contributed by atoms with E-state index in [2.05, 4.69) is 10.6 Å². The maximum Gasteiger partial charge on any atom is 0.407 e. The van der Waals surface area contributed by atoms with Crippen molar-refractivity contribution in [1.29, 1.82) is 0 Å². The van der Waals surface area contributed by atoms with Crippen molar-refractivity contribution in [3.8, 4) is 5.75 Å². The Kier molecular flexibility index (Phi) is 10.8. The molecule has 0 saturated heterocycles. The van der Waals surface area contributed by atoms with Crippen molar-refractivity contribution < 1.29 is 28.9 Å². The van der Waals surface area contributed by atoms with Crippen LogP contribution in [0.5, 0.6) is 5.75 Å². The van der Waals surface area contributed by atoms with Crippen LogP contribution in [0.15, 0.2) is 84.9 Å². The first kappa shape index (κ1) is 29.5. The van der Waals surface area contributed by atoms with Gasteiger partial charge in [-0.1, -0.05) is 93.6 Å². The lowest BCUT2D eigenvalue weighted by Gasteiger charge is -2.38. The van der Waals surface area contributed by atoms with Crippen LogP contribution in [0.25, 0.3) is 0 Å². The van der Waals surface area contributed by atoms with Gasteiger partial charge in [0.25, 0.3) is 0 Å². The molecule has 0 aromatic heterocycles. The number of ether oxygens (including phenoxy) is 3. The highest BCUT2D eigenvalue weighted by Crippen LogP contribution is 2.25. The molecule has 8 heteroatoms. The van der Waals surface area contributed by atoms with Crippen molar-refractivity contribution in [2.24, 2.45) is 5.41 Å². The highest BCUT2D eigenvalue weighted by atomic mass is 16.6. The zero-order chi connectivity index (χ0) is 28.3. The molecule has 0 aliphatic carbocycles. The number of benzene rings is 3. The lowest BCUT2D eigenvalue weighted by atomic mass is 9.80. The number of carbonyl (C=O) groups is 2. The quantitative estimate of drug-likeness (QED) is 0.311. The van der Waals surface area contributed by atoms with Gasteiger partial charge in [-0.2, -0.15) is 0 Å². The Morgan fingerprint density at radius 2 is 1.31 bits per heavy atom. The third-order valence-electron chi connectivity index (χ3n) is 6.28. The summed E-state index contributed by atoms with van der Waals surface area (Å²) in [4.78, 5) is 25.6. The molecule has 8 nitrogen and oxygen atoms in total. The molecule has 3 rings (SSSR count). The standard InChI is InChI=1S/C31H38N2O6/c1-31(2,3)28(33-30(36)39-21-24-16-11-17-25(18-24)37-4)27(34)26(19-22-12-7-5-8-13-22)32-29(35)38-20-23-14-9-6-10-15-23/h5-18,26-28,34H,19-21H2,1-4H3,(H,32,35)(H,33,36)/t26-,27+,28?/m0/s1. The van der Waals surface area contributed by atoms with E-state index in [0.717, 1.165) is 16.7 Å². The molecule has 0 saturated carbocycles. The topological polar surface area (TPSA) is 106 Å². The van der Waals surface area contributed by atoms with Gasteiger partial charge in [0.2, 0.25) is 0 Å². The van der Waals surface area contributed by atoms with Crippen LogP contribution in [-0.2, 0) is 29.1 Å². The Morgan fingerprint density at radius 1 is 0.769 bits per heavy atom. The molecule has 0 spiro atoms. The van der Waals surface area contributed by atoms with Crippen molar-refractivity contribution in [1.82, 2.24) is 10.6 Å². The zero-order valence-corrected chi connectivity index (χ0v) is 22.9. The van der Waals surface area contributed by atoms with Gasteiger partial charge in [0.05, 0.1) is 25.3 Å². The molecule has 3 aromatic carbocycles. The Morgan fingerprint density at radius 3 is 1.90 bits per heavy atom. The number of nitrogens with one attached hydrogen (secondary N) is 2. The highest BCUT2D eigenvalue weighted by Gasteiger charge is 2.38. The van der Waals surface area contributed by atoms with Crippen LogP contribution >= 0.6 is 0 Å². The normalized spacial score (nSPS) is 13.5. The molecule has 1 unspecified atom stereocenters. The number of aliphatic hydroxyl groups excluding tert-OH is 1. The third-order valence-corrected chi connectivity index (χ3v) is 6.28. The molecule has 2 amide bonds. The predicted molar refractivity (Wildman–Crippen MR) is 149 cm³/mol. The van der Waals surface area contributed by atoms with Crippen LogP contribution in [0.4, 0.5) is 9.59 Å². The van der Waals surface area contributed by atoms with Crippen LogP contribution in [0.3, 0.4) is 0 Å². The van der Waals surface area contributed by atoms with Crippen LogP contribution < -0.4 is 15.4 Å². The fourth-order valence-electron chi connectivity index (χ4n) is 4.17. The lowest BCUT2D eigenvalue weighted by molar-refractivity contribution is 0.0332. The number of alkyl carbamates (subject to hydrolysis) is 2. The van der Waals surface area contributed by atoms with Crippen LogP contribution in [0, 0.1) is 5.41 Å². The number of rotatable bonds is 11. The van der Waals surface area contributed by atoms with E-state index in [9.17, 15) is 14.7 Å². The summed E-state index contributed by atoms with van der Waals surface area (Å²) < 4.78 is 16.1. The Bertz CT molecular complexity index is 1180. The lowest BCUT2D eigenvalue weighted by Crippen LogP contribution is -2.59. The molecule has 3 N–H and O–H groups in total. The molecular formula is C31H38N2O6. The maximum absolute atomic E-state index is 12.8. The fourth-order valence-corrected chi connectivity index (χ4v) is 4.17. The molecule has 0 aliphatic heterocycles. The molecule has 208 valence electrons. The minimum atomic E-state index is -1.15. The summed E-state index contributed by atoms with van der Waals surface area (Å²) in [5.41, 5.74) is 1.96. The van der Waals surface area contributed by atoms with E-state index in [4.69, 9.17) is 14.2 Å². The van der Waals surface area contributed by atoms with Crippen LogP contribution in [-0.4, -0.2) is 42.6 Å². The van der Waals surface area contributed by atoms with Gasteiger partial charge in [0.1, 0.15) is 19.0 Å². The van der Waals surface area contributed by atoms with E-state index in [1.54, 1.807) is 19.2 Å². The first-order valence-corrected chi connectivity index (χ1v) is 12.9. The minimum Gasteiger partial charge on any atom is -0.497 e. The second-order valence-electron chi connectivity index (χ2n) is 10.4. The summed E-state index contributed by atoms with van der Waals surface area (Å²) in [7, 11) is 1.57. The van der Waals surface area contributed by atoms with Gasteiger partial charge >= 0.3 is 12.2 Å². The number of hydrogen-bond acceptors (Lipinski definition) is 6.